The molecular formula is C13H20O2S. The summed E-state index contributed by atoms with van der Waals surface area (Å²) in [6.07, 6.45) is 3.18. The van der Waals surface area contributed by atoms with Crippen LogP contribution in [0.5, 0.6) is 11.5 Å². The van der Waals surface area contributed by atoms with Gasteiger partial charge in [0.05, 0.1) is 13.2 Å². The van der Waals surface area contributed by atoms with Crippen molar-refractivity contribution < 1.29 is 9.47 Å². The second kappa shape index (κ2) is 8.34. The Morgan fingerprint density at radius 3 is 2.00 bits per heavy atom. The van der Waals surface area contributed by atoms with Gasteiger partial charge in [-0.05, 0) is 49.3 Å². The smallest absolute Gasteiger partial charge is 0.119 e. The summed E-state index contributed by atoms with van der Waals surface area (Å²) in [5.41, 5.74) is 0. The van der Waals surface area contributed by atoms with Crippen LogP contribution in [0, 0.1) is 0 Å². The van der Waals surface area contributed by atoms with Crippen LogP contribution in [0.4, 0.5) is 0 Å². The van der Waals surface area contributed by atoms with Crippen molar-refractivity contribution in [2.75, 3.05) is 19.0 Å². The summed E-state index contributed by atoms with van der Waals surface area (Å²) in [4.78, 5) is 0. The summed E-state index contributed by atoms with van der Waals surface area (Å²) < 4.78 is 11.1. The summed E-state index contributed by atoms with van der Waals surface area (Å²) in [7, 11) is 0. The zero-order valence-corrected chi connectivity index (χ0v) is 10.7. The van der Waals surface area contributed by atoms with Crippen molar-refractivity contribution in [2.24, 2.45) is 0 Å². The quantitative estimate of drug-likeness (QED) is 0.553. The van der Waals surface area contributed by atoms with Crippen molar-refractivity contribution in [1.29, 1.82) is 0 Å². The first kappa shape index (κ1) is 13.2. The van der Waals surface area contributed by atoms with E-state index in [1.807, 2.05) is 24.3 Å². The van der Waals surface area contributed by atoms with Gasteiger partial charge in [-0.1, -0.05) is 6.92 Å². The van der Waals surface area contributed by atoms with Gasteiger partial charge in [-0.15, -0.1) is 0 Å². The van der Waals surface area contributed by atoms with Crippen LogP contribution in [0.1, 0.15) is 26.2 Å². The number of rotatable bonds is 8. The van der Waals surface area contributed by atoms with E-state index < -0.39 is 0 Å². The van der Waals surface area contributed by atoms with E-state index in [1.165, 1.54) is 0 Å². The molecule has 0 aromatic heterocycles. The van der Waals surface area contributed by atoms with E-state index in [1.54, 1.807) is 0 Å². The maximum Gasteiger partial charge on any atom is 0.119 e. The average molecular weight is 240 g/mol. The lowest BCUT2D eigenvalue weighted by atomic mass is 10.3. The van der Waals surface area contributed by atoms with Gasteiger partial charge in [0.2, 0.25) is 0 Å². The van der Waals surface area contributed by atoms with Gasteiger partial charge in [0, 0.05) is 0 Å². The average Bonchev–Trinajstić information content (AvgIpc) is 2.33. The highest BCUT2D eigenvalue weighted by molar-refractivity contribution is 7.80. The van der Waals surface area contributed by atoms with Crippen molar-refractivity contribution in [3.8, 4) is 11.5 Å². The second-order valence-corrected chi connectivity index (χ2v) is 4.05. The predicted octanol–water partition coefficient (Wildman–Crippen LogP) is 3.56. The SMILES string of the molecule is CCCOc1ccc(OCCCCS)cc1. The Hall–Kier alpha value is -0.830. The van der Waals surface area contributed by atoms with Gasteiger partial charge in [0.1, 0.15) is 11.5 Å². The second-order valence-electron chi connectivity index (χ2n) is 3.60. The van der Waals surface area contributed by atoms with Crippen molar-refractivity contribution in [1.82, 2.24) is 0 Å². The first-order valence-electron chi connectivity index (χ1n) is 5.83. The topological polar surface area (TPSA) is 18.5 Å². The number of hydrogen-bond donors (Lipinski definition) is 1. The Morgan fingerprint density at radius 1 is 0.938 bits per heavy atom. The van der Waals surface area contributed by atoms with E-state index in [0.29, 0.717) is 0 Å². The highest BCUT2D eigenvalue weighted by Crippen LogP contribution is 2.17. The predicted molar refractivity (Wildman–Crippen MR) is 70.8 cm³/mol. The van der Waals surface area contributed by atoms with E-state index in [0.717, 1.165) is 49.7 Å². The molecule has 0 bridgehead atoms. The minimum atomic E-state index is 0.760. The fourth-order valence-corrected chi connectivity index (χ4v) is 1.48. The summed E-state index contributed by atoms with van der Waals surface area (Å²) >= 11 is 4.15. The maximum atomic E-state index is 5.58. The van der Waals surface area contributed by atoms with Crippen LogP contribution in [-0.2, 0) is 0 Å². The van der Waals surface area contributed by atoms with E-state index >= 15 is 0 Å². The number of hydrogen-bond acceptors (Lipinski definition) is 3. The van der Waals surface area contributed by atoms with Gasteiger partial charge in [0.15, 0.2) is 0 Å². The van der Waals surface area contributed by atoms with Crippen LogP contribution < -0.4 is 9.47 Å². The Kier molecular flexibility index (Phi) is 6.90. The summed E-state index contributed by atoms with van der Waals surface area (Å²) in [5.74, 6) is 2.74. The fourth-order valence-electron chi connectivity index (χ4n) is 1.26. The molecule has 0 aliphatic rings. The van der Waals surface area contributed by atoms with Crippen LogP contribution in [0.25, 0.3) is 0 Å². The minimum Gasteiger partial charge on any atom is -0.494 e. The molecule has 0 atom stereocenters. The Bertz CT molecular complexity index is 272. The molecule has 0 radical (unpaired) electrons. The molecule has 0 heterocycles. The lowest BCUT2D eigenvalue weighted by Gasteiger charge is -2.07. The summed E-state index contributed by atoms with van der Waals surface area (Å²) in [5, 5.41) is 0. The van der Waals surface area contributed by atoms with E-state index in [2.05, 4.69) is 19.6 Å². The third-order valence-electron chi connectivity index (χ3n) is 2.12. The number of ether oxygens (including phenoxy) is 2. The molecule has 0 saturated heterocycles. The van der Waals surface area contributed by atoms with Gasteiger partial charge < -0.3 is 9.47 Å². The van der Waals surface area contributed by atoms with Gasteiger partial charge in [-0.3, -0.25) is 0 Å². The van der Waals surface area contributed by atoms with Gasteiger partial charge >= 0.3 is 0 Å². The minimum absolute atomic E-state index is 0.760. The monoisotopic (exact) mass is 240 g/mol. The zero-order valence-electron chi connectivity index (χ0n) is 9.82. The molecule has 0 aliphatic heterocycles. The number of thiol groups is 1. The maximum absolute atomic E-state index is 5.58. The fraction of sp³-hybridized carbons (Fsp3) is 0.538. The van der Waals surface area contributed by atoms with Crippen molar-refractivity contribution in [3.05, 3.63) is 24.3 Å². The molecule has 0 spiro atoms. The van der Waals surface area contributed by atoms with Crippen LogP contribution >= 0.6 is 12.6 Å². The lowest BCUT2D eigenvalue weighted by molar-refractivity contribution is 0.304. The third-order valence-corrected chi connectivity index (χ3v) is 2.43. The molecule has 0 unspecified atom stereocenters. The largest absolute Gasteiger partial charge is 0.494 e. The normalized spacial score (nSPS) is 10.1. The van der Waals surface area contributed by atoms with Crippen LogP contribution in [0.3, 0.4) is 0 Å². The zero-order chi connectivity index (χ0) is 11.6. The number of unbranched alkanes of at least 4 members (excludes halogenated alkanes) is 1. The van der Waals surface area contributed by atoms with Crippen molar-refractivity contribution in [3.63, 3.8) is 0 Å². The number of benzene rings is 1. The van der Waals surface area contributed by atoms with E-state index in [9.17, 15) is 0 Å². The van der Waals surface area contributed by atoms with Gasteiger partial charge in [-0.2, -0.15) is 12.6 Å². The molecule has 1 aromatic carbocycles. The highest BCUT2D eigenvalue weighted by atomic mass is 32.1. The van der Waals surface area contributed by atoms with Crippen LogP contribution in [-0.4, -0.2) is 19.0 Å². The Labute approximate surface area is 103 Å². The molecule has 1 aromatic rings. The van der Waals surface area contributed by atoms with Crippen molar-refractivity contribution in [2.45, 2.75) is 26.2 Å². The molecule has 0 N–H and O–H groups in total. The van der Waals surface area contributed by atoms with Gasteiger partial charge in [0.25, 0.3) is 0 Å². The molecule has 1 rings (SSSR count). The Morgan fingerprint density at radius 2 is 1.50 bits per heavy atom. The molecule has 0 saturated carbocycles. The van der Waals surface area contributed by atoms with Crippen LogP contribution in [0.2, 0.25) is 0 Å². The van der Waals surface area contributed by atoms with Gasteiger partial charge in [-0.25, -0.2) is 0 Å². The first-order valence-corrected chi connectivity index (χ1v) is 6.46. The molecule has 16 heavy (non-hydrogen) atoms. The van der Waals surface area contributed by atoms with E-state index in [4.69, 9.17) is 9.47 Å². The van der Waals surface area contributed by atoms with E-state index in [-0.39, 0.29) is 0 Å². The lowest BCUT2D eigenvalue weighted by Crippen LogP contribution is -1.98. The molecule has 0 amide bonds. The highest BCUT2D eigenvalue weighted by Gasteiger charge is 1.95. The van der Waals surface area contributed by atoms with Crippen molar-refractivity contribution >= 4 is 12.6 Å². The Balaban J connectivity index is 2.27. The molecule has 90 valence electrons. The standard InChI is InChI=1S/C13H20O2S/c1-2-9-14-12-5-7-13(8-6-12)15-10-3-4-11-16/h5-8,16H,2-4,9-11H2,1H3. The third kappa shape index (κ3) is 5.31. The summed E-state index contributed by atoms with van der Waals surface area (Å²) in [6, 6.07) is 7.80. The first-order chi connectivity index (χ1) is 7.86. The molecule has 3 heteroatoms. The van der Waals surface area contributed by atoms with Crippen LogP contribution in [0.15, 0.2) is 24.3 Å². The summed E-state index contributed by atoms with van der Waals surface area (Å²) in [6.45, 7) is 3.62. The molecule has 2 nitrogen and oxygen atoms in total. The molecule has 0 aliphatic carbocycles. The molecule has 0 fully saturated rings. The molecular weight excluding hydrogens is 220 g/mol.